The number of hydrogen-bond donors (Lipinski definition) is 1. The third kappa shape index (κ3) is 4.63. The minimum Gasteiger partial charge on any atom is -0.296 e. The lowest BCUT2D eigenvalue weighted by atomic mass is 10.1. The van der Waals surface area contributed by atoms with Crippen LogP contribution < -0.4 is 9.62 Å². The largest absolute Gasteiger partial charge is 0.296 e. The van der Waals surface area contributed by atoms with Crippen LogP contribution in [0.2, 0.25) is 0 Å². The van der Waals surface area contributed by atoms with Crippen LogP contribution in [0, 0.1) is 20.8 Å². The monoisotopic (exact) mass is 430 g/mol. The van der Waals surface area contributed by atoms with E-state index in [0.29, 0.717) is 11.3 Å². The maximum atomic E-state index is 13.1. The highest BCUT2D eigenvalue weighted by molar-refractivity contribution is 7.94. The third-order valence-electron chi connectivity index (χ3n) is 4.23. The molecule has 7 nitrogen and oxygen atoms in total. The summed E-state index contributed by atoms with van der Waals surface area (Å²) in [6.07, 6.45) is 0. The molecule has 3 rings (SSSR count). The highest BCUT2D eigenvalue weighted by Crippen LogP contribution is 2.28. The Kier molecular flexibility index (Phi) is 5.99. The lowest BCUT2D eigenvalue weighted by Crippen LogP contribution is -2.30. The fraction of sp³-hybridized carbons (Fsp3) is 0.250. The van der Waals surface area contributed by atoms with E-state index >= 15 is 0 Å². The molecule has 0 bridgehead atoms. The molecule has 0 saturated carbocycles. The number of rotatable bonds is 6. The Morgan fingerprint density at radius 3 is 2.21 bits per heavy atom. The van der Waals surface area contributed by atoms with Gasteiger partial charge in [0, 0.05) is 12.1 Å². The Bertz CT molecular complexity index is 1120. The molecule has 9 heteroatoms. The van der Waals surface area contributed by atoms with Crippen LogP contribution in [0.1, 0.15) is 34.0 Å². The topological polar surface area (TPSA) is 92.3 Å². The normalized spacial score (nSPS) is 11.3. The summed E-state index contributed by atoms with van der Waals surface area (Å²) in [5, 5.41) is 10.4. The SMILES string of the molecule is CCN(c1cc(C)cc(C)c1)S(=O)(=O)c1nnc(NC(=O)c2ccc(C)cc2)s1. The Balaban J connectivity index is 1.85. The van der Waals surface area contributed by atoms with Gasteiger partial charge in [0.1, 0.15) is 0 Å². The second-order valence-electron chi connectivity index (χ2n) is 6.71. The van der Waals surface area contributed by atoms with Crippen LogP contribution in [0.25, 0.3) is 0 Å². The van der Waals surface area contributed by atoms with Gasteiger partial charge >= 0.3 is 0 Å². The molecule has 0 spiro atoms. The van der Waals surface area contributed by atoms with Gasteiger partial charge in [-0.1, -0.05) is 35.1 Å². The van der Waals surface area contributed by atoms with Crippen LogP contribution in [0.4, 0.5) is 10.8 Å². The van der Waals surface area contributed by atoms with E-state index in [9.17, 15) is 13.2 Å². The molecular formula is C20H22N4O3S2. The number of aryl methyl sites for hydroxylation is 3. The van der Waals surface area contributed by atoms with Crippen molar-refractivity contribution in [3.05, 3.63) is 64.7 Å². The summed E-state index contributed by atoms with van der Waals surface area (Å²) >= 11 is 0.829. The van der Waals surface area contributed by atoms with Crippen molar-refractivity contribution in [3.63, 3.8) is 0 Å². The number of sulfonamides is 1. The lowest BCUT2D eigenvalue weighted by molar-refractivity contribution is 0.102. The van der Waals surface area contributed by atoms with E-state index in [1.54, 1.807) is 19.1 Å². The van der Waals surface area contributed by atoms with Gasteiger partial charge in [0.15, 0.2) is 0 Å². The van der Waals surface area contributed by atoms with Crippen molar-refractivity contribution in [2.45, 2.75) is 32.0 Å². The van der Waals surface area contributed by atoms with Crippen molar-refractivity contribution in [2.24, 2.45) is 0 Å². The Hall–Kier alpha value is -2.78. The molecule has 2 aromatic carbocycles. The van der Waals surface area contributed by atoms with Crippen LogP contribution in [0.15, 0.2) is 46.8 Å². The summed E-state index contributed by atoms with van der Waals surface area (Å²) in [5.74, 6) is -0.369. The first-order valence-corrected chi connectivity index (χ1v) is 11.3. The van der Waals surface area contributed by atoms with Gasteiger partial charge in [-0.25, -0.2) is 0 Å². The maximum absolute atomic E-state index is 13.1. The standard InChI is InChI=1S/C20H22N4O3S2/c1-5-24(17-11-14(3)10-15(4)12-17)29(26,27)20-23-22-19(28-20)21-18(25)16-8-6-13(2)7-9-16/h6-12H,5H2,1-4H3,(H,21,22,25). The maximum Gasteiger partial charge on any atom is 0.293 e. The first-order chi connectivity index (χ1) is 13.7. The van der Waals surface area contributed by atoms with Crippen LogP contribution in [-0.4, -0.2) is 31.1 Å². The number of carbonyl (C=O) groups excluding carboxylic acids is 1. The van der Waals surface area contributed by atoms with Gasteiger partial charge in [0.05, 0.1) is 5.69 Å². The second-order valence-corrected chi connectivity index (χ2v) is 9.72. The highest BCUT2D eigenvalue weighted by Gasteiger charge is 2.28. The number of nitrogens with zero attached hydrogens (tertiary/aromatic N) is 3. The summed E-state index contributed by atoms with van der Waals surface area (Å²) in [6, 6.07) is 12.7. The lowest BCUT2D eigenvalue weighted by Gasteiger charge is -2.22. The molecule has 1 amide bonds. The van der Waals surface area contributed by atoms with E-state index in [0.717, 1.165) is 28.0 Å². The van der Waals surface area contributed by atoms with Crippen LogP contribution >= 0.6 is 11.3 Å². The molecule has 0 unspecified atom stereocenters. The van der Waals surface area contributed by atoms with E-state index in [1.807, 2.05) is 51.1 Å². The molecular weight excluding hydrogens is 408 g/mol. The van der Waals surface area contributed by atoms with Gasteiger partial charge in [-0.3, -0.25) is 14.4 Å². The number of aromatic nitrogens is 2. The van der Waals surface area contributed by atoms with E-state index < -0.39 is 10.0 Å². The molecule has 0 saturated heterocycles. The summed E-state index contributed by atoms with van der Waals surface area (Å²) in [5.41, 5.74) is 4.01. The number of anilines is 2. The van der Waals surface area contributed by atoms with Gasteiger partial charge in [-0.2, -0.15) is 8.42 Å². The minimum absolute atomic E-state index is 0.130. The van der Waals surface area contributed by atoms with Crippen LogP contribution in [-0.2, 0) is 10.0 Å². The highest BCUT2D eigenvalue weighted by atomic mass is 32.2. The van der Waals surface area contributed by atoms with E-state index in [-0.39, 0.29) is 21.9 Å². The molecule has 0 radical (unpaired) electrons. The number of hydrogen-bond acceptors (Lipinski definition) is 6. The van der Waals surface area contributed by atoms with Crippen LogP contribution in [0.5, 0.6) is 0 Å². The molecule has 0 atom stereocenters. The van der Waals surface area contributed by atoms with Crippen molar-refractivity contribution < 1.29 is 13.2 Å². The summed E-state index contributed by atoms with van der Waals surface area (Å²) in [4.78, 5) is 12.3. The zero-order valence-electron chi connectivity index (χ0n) is 16.6. The van der Waals surface area contributed by atoms with Gasteiger partial charge < -0.3 is 0 Å². The van der Waals surface area contributed by atoms with Crippen molar-refractivity contribution in [1.82, 2.24) is 10.2 Å². The molecule has 1 aromatic heterocycles. The van der Waals surface area contributed by atoms with Gasteiger partial charge in [-0.15, -0.1) is 10.2 Å². The fourth-order valence-corrected chi connectivity index (χ4v) is 5.37. The zero-order valence-corrected chi connectivity index (χ0v) is 18.3. The van der Waals surface area contributed by atoms with Crippen molar-refractivity contribution in [1.29, 1.82) is 0 Å². The minimum atomic E-state index is -3.90. The number of amides is 1. The molecule has 0 aliphatic carbocycles. The average molecular weight is 431 g/mol. The van der Waals surface area contributed by atoms with Gasteiger partial charge in [0.25, 0.3) is 20.3 Å². The third-order valence-corrected chi connectivity index (χ3v) is 7.32. The molecule has 3 aromatic rings. The van der Waals surface area contributed by atoms with Gasteiger partial charge in [0.2, 0.25) is 5.13 Å². The Morgan fingerprint density at radius 1 is 1.00 bits per heavy atom. The molecule has 29 heavy (non-hydrogen) atoms. The van der Waals surface area contributed by atoms with Crippen molar-refractivity contribution in [2.75, 3.05) is 16.2 Å². The number of carbonyl (C=O) groups is 1. The van der Waals surface area contributed by atoms with E-state index in [1.165, 1.54) is 4.31 Å². The second kappa shape index (κ2) is 8.30. The Labute approximate surface area is 174 Å². The molecule has 0 fully saturated rings. The van der Waals surface area contributed by atoms with Crippen LogP contribution in [0.3, 0.4) is 0 Å². The first kappa shape index (κ1) is 20.9. The summed E-state index contributed by atoms with van der Waals surface area (Å²) in [6.45, 7) is 7.77. The molecule has 1 heterocycles. The van der Waals surface area contributed by atoms with E-state index in [4.69, 9.17) is 0 Å². The van der Waals surface area contributed by atoms with Gasteiger partial charge in [-0.05, 0) is 63.1 Å². The van der Waals surface area contributed by atoms with Crippen molar-refractivity contribution in [3.8, 4) is 0 Å². The fourth-order valence-electron chi connectivity index (χ4n) is 2.92. The smallest absolute Gasteiger partial charge is 0.293 e. The molecule has 1 N–H and O–H groups in total. The number of nitrogens with one attached hydrogen (secondary N) is 1. The molecule has 0 aliphatic heterocycles. The zero-order chi connectivity index (χ0) is 21.2. The summed E-state index contributed by atoms with van der Waals surface area (Å²) < 4.78 is 27.4. The molecule has 0 aliphatic rings. The quantitative estimate of drug-likeness (QED) is 0.598. The predicted octanol–water partition coefficient (Wildman–Crippen LogP) is 3.93. The molecule has 152 valence electrons. The van der Waals surface area contributed by atoms with E-state index in [2.05, 4.69) is 15.5 Å². The first-order valence-electron chi connectivity index (χ1n) is 9.03. The Morgan fingerprint density at radius 2 is 1.62 bits per heavy atom. The number of benzene rings is 2. The predicted molar refractivity (Wildman–Crippen MR) is 115 cm³/mol. The average Bonchev–Trinajstić information content (AvgIpc) is 3.11. The van der Waals surface area contributed by atoms with Crippen molar-refractivity contribution >= 4 is 38.1 Å². The summed E-state index contributed by atoms with van der Waals surface area (Å²) in [7, 11) is -3.90.